The molecule has 120 valence electrons. The normalized spacial score (nSPS) is 13.3. The van der Waals surface area contributed by atoms with Gasteiger partial charge in [0.05, 0.1) is 6.20 Å². The van der Waals surface area contributed by atoms with Gasteiger partial charge in [0.2, 0.25) is 0 Å². The number of carbonyl (C=O) groups is 1. The van der Waals surface area contributed by atoms with Gasteiger partial charge in [0, 0.05) is 12.2 Å². The Labute approximate surface area is 132 Å². The van der Waals surface area contributed by atoms with Gasteiger partial charge in [-0.05, 0) is 43.2 Å². The fraction of sp³-hybridized carbons (Fsp3) is 0.250. The highest BCUT2D eigenvalue weighted by Gasteiger charge is 2.25. The molecule has 1 amide bonds. The van der Waals surface area contributed by atoms with Crippen molar-refractivity contribution < 1.29 is 13.6 Å². The van der Waals surface area contributed by atoms with Crippen LogP contribution in [0.2, 0.25) is 0 Å². The molecule has 0 fully saturated rings. The number of nitrogens with zero attached hydrogens (tertiary/aromatic N) is 2. The summed E-state index contributed by atoms with van der Waals surface area (Å²) in [6.07, 6.45) is 0.00190. The first-order valence-corrected chi connectivity index (χ1v) is 7.16. The topological polar surface area (TPSA) is 59.0 Å². The summed E-state index contributed by atoms with van der Waals surface area (Å²) in [5, 5.41) is 9.58. The SMILES string of the molecule is Cc1ccc(NC(=O)c2cnn3c2NCC=C3C(F)F)cc1C. The van der Waals surface area contributed by atoms with Crippen molar-refractivity contribution in [3.8, 4) is 0 Å². The van der Waals surface area contributed by atoms with Gasteiger partial charge in [0.25, 0.3) is 12.3 Å². The molecule has 0 atom stereocenters. The number of fused-ring (bicyclic) bond motifs is 1. The molecular formula is C16H16F2N4O. The van der Waals surface area contributed by atoms with Crippen LogP contribution in [-0.2, 0) is 0 Å². The zero-order valence-electron chi connectivity index (χ0n) is 12.7. The summed E-state index contributed by atoms with van der Waals surface area (Å²) in [7, 11) is 0. The molecule has 1 aromatic carbocycles. The Bertz CT molecular complexity index is 795. The zero-order chi connectivity index (χ0) is 16.6. The Morgan fingerprint density at radius 2 is 2.13 bits per heavy atom. The van der Waals surface area contributed by atoms with Crippen molar-refractivity contribution >= 4 is 23.1 Å². The van der Waals surface area contributed by atoms with E-state index in [1.54, 1.807) is 6.07 Å². The molecule has 1 aliphatic rings. The molecule has 2 heterocycles. The van der Waals surface area contributed by atoms with Gasteiger partial charge >= 0.3 is 0 Å². The number of allylic oxidation sites excluding steroid dienone is 1. The molecule has 0 bridgehead atoms. The molecule has 3 rings (SSSR count). The highest BCUT2D eigenvalue weighted by molar-refractivity contribution is 6.08. The molecule has 5 nitrogen and oxygen atoms in total. The van der Waals surface area contributed by atoms with Gasteiger partial charge in [-0.2, -0.15) is 5.10 Å². The van der Waals surface area contributed by atoms with Gasteiger partial charge in [0.1, 0.15) is 17.1 Å². The Morgan fingerprint density at radius 1 is 1.35 bits per heavy atom. The number of carbonyl (C=O) groups excluding carboxylic acids is 1. The van der Waals surface area contributed by atoms with Crippen molar-refractivity contribution in [3.63, 3.8) is 0 Å². The molecule has 0 unspecified atom stereocenters. The summed E-state index contributed by atoms with van der Waals surface area (Å²) in [5.41, 5.74) is 2.84. The zero-order valence-corrected chi connectivity index (χ0v) is 12.7. The molecule has 23 heavy (non-hydrogen) atoms. The molecular weight excluding hydrogens is 302 g/mol. The maximum atomic E-state index is 13.0. The summed E-state index contributed by atoms with van der Waals surface area (Å²) in [4.78, 5) is 12.4. The van der Waals surface area contributed by atoms with Crippen molar-refractivity contribution in [2.24, 2.45) is 0 Å². The van der Waals surface area contributed by atoms with Crippen molar-refractivity contribution in [3.05, 3.63) is 47.2 Å². The van der Waals surface area contributed by atoms with Gasteiger partial charge in [-0.15, -0.1) is 0 Å². The fourth-order valence-electron chi connectivity index (χ4n) is 2.42. The standard InChI is InChI=1S/C16H16F2N4O/c1-9-3-4-11(7-10(9)2)21-16(23)12-8-20-22-13(14(17)18)5-6-19-15(12)22/h3-5,7-8,14,19H,6H2,1-2H3,(H,21,23). The monoisotopic (exact) mass is 318 g/mol. The Balaban J connectivity index is 1.87. The summed E-state index contributed by atoms with van der Waals surface area (Å²) >= 11 is 0. The molecule has 0 saturated heterocycles. The van der Waals surface area contributed by atoms with E-state index >= 15 is 0 Å². The highest BCUT2D eigenvalue weighted by atomic mass is 19.3. The second-order valence-electron chi connectivity index (χ2n) is 5.38. The first kappa shape index (κ1) is 15.2. The van der Waals surface area contributed by atoms with Crippen LogP contribution in [0.15, 0.2) is 30.5 Å². The lowest BCUT2D eigenvalue weighted by atomic mass is 10.1. The molecule has 0 spiro atoms. The van der Waals surface area contributed by atoms with Gasteiger partial charge in [-0.1, -0.05) is 6.07 Å². The minimum atomic E-state index is -2.65. The number of aromatic nitrogens is 2. The average Bonchev–Trinajstić information content (AvgIpc) is 2.94. The van der Waals surface area contributed by atoms with E-state index in [0.717, 1.165) is 15.8 Å². The first-order chi connectivity index (χ1) is 11.0. The van der Waals surface area contributed by atoms with Gasteiger partial charge in [-0.25, -0.2) is 13.5 Å². The number of nitrogens with one attached hydrogen (secondary N) is 2. The van der Waals surface area contributed by atoms with Crippen LogP contribution in [0.3, 0.4) is 0 Å². The fourth-order valence-corrected chi connectivity index (χ4v) is 2.42. The second kappa shape index (κ2) is 5.83. The summed E-state index contributed by atoms with van der Waals surface area (Å²) < 4.78 is 27.0. The largest absolute Gasteiger partial charge is 0.366 e. The third kappa shape index (κ3) is 2.81. The van der Waals surface area contributed by atoms with Crippen LogP contribution < -0.4 is 10.6 Å². The Kier molecular flexibility index (Phi) is 3.85. The minimum Gasteiger partial charge on any atom is -0.366 e. The van der Waals surface area contributed by atoms with Crippen molar-refractivity contribution in [1.82, 2.24) is 9.78 Å². The van der Waals surface area contributed by atoms with E-state index in [0.29, 0.717) is 5.69 Å². The molecule has 1 aromatic heterocycles. The number of rotatable bonds is 3. The Hall–Kier alpha value is -2.70. The number of aryl methyl sites for hydroxylation is 2. The predicted molar refractivity (Wildman–Crippen MR) is 84.9 cm³/mol. The van der Waals surface area contributed by atoms with Crippen molar-refractivity contribution in [2.75, 3.05) is 17.2 Å². The molecule has 0 saturated carbocycles. The molecule has 2 N–H and O–H groups in total. The molecule has 0 radical (unpaired) electrons. The number of anilines is 2. The van der Waals surface area contributed by atoms with Crippen molar-refractivity contribution in [2.45, 2.75) is 20.3 Å². The van der Waals surface area contributed by atoms with Crippen LogP contribution in [0, 0.1) is 13.8 Å². The smallest absolute Gasteiger partial charge is 0.280 e. The van der Waals surface area contributed by atoms with E-state index in [4.69, 9.17) is 0 Å². The van der Waals surface area contributed by atoms with Crippen LogP contribution in [0.1, 0.15) is 21.5 Å². The minimum absolute atomic E-state index is 0.219. The summed E-state index contributed by atoms with van der Waals surface area (Å²) in [6.45, 7) is 4.17. The van der Waals surface area contributed by atoms with Crippen LogP contribution in [0.25, 0.3) is 5.70 Å². The molecule has 0 aliphatic carbocycles. The maximum absolute atomic E-state index is 13.0. The van der Waals surface area contributed by atoms with E-state index in [2.05, 4.69) is 15.7 Å². The summed E-state index contributed by atoms with van der Waals surface area (Å²) in [5.74, 6) is -0.110. The van der Waals surface area contributed by atoms with Crippen LogP contribution >= 0.6 is 0 Å². The number of alkyl halides is 2. The maximum Gasteiger partial charge on any atom is 0.280 e. The van der Waals surface area contributed by atoms with Crippen LogP contribution in [0.4, 0.5) is 20.3 Å². The Morgan fingerprint density at radius 3 is 2.83 bits per heavy atom. The van der Waals surface area contributed by atoms with E-state index in [1.807, 2.05) is 26.0 Å². The number of hydrogen-bond acceptors (Lipinski definition) is 3. The predicted octanol–water partition coefficient (Wildman–Crippen LogP) is 3.28. The number of benzene rings is 1. The molecule has 1 aliphatic heterocycles. The lowest BCUT2D eigenvalue weighted by Gasteiger charge is -2.18. The van der Waals surface area contributed by atoms with Crippen molar-refractivity contribution in [1.29, 1.82) is 0 Å². The van der Waals surface area contributed by atoms with Gasteiger partial charge < -0.3 is 10.6 Å². The van der Waals surface area contributed by atoms with Gasteiger partial charge in [-0.3, -0.25) is 4.79 Å². The van der Waals surface area contributed by atoms with Crippen LogP contribution in [-0.4, -0.2) is 28.7 Å². The van der Waals surface area contributed by atoms with E-state index < -0.39 is 12.3 Å². The van der Waals surface area contributed by atoms with Gasteiger partial charge in [0.15, 0.2) is 0 Å². The lowest BCUT2D eigenvalue weighted by Crippen LogP contribution is -2.21. The number of amides is 1. The van der Waals surface area contributed by atoms with Crippen LogP contribution in [0.5, 0.6) is 0 Å². The highest BCUT2D eigenvalue weighted by Crippen LogP contribution is 2.27. The van der Waals surface area contributed by atoms with E-state index in [-0.39, 0.29) is 23.6 Å². The quantitative estimate of drug-likeness (QED) is 0.913. The molecule has 2 aromatic rings. The second-order valence-corrected chi connectivity index (χ2v) is 5.38. The van der Waals surface area contributed by atoms with E-state index in [1.165, 1.54) is 12.3 Å². The number of halogens is 2. The first-order valence-electron chi connectivity index (χ1n) is 7.16. The third-order valence-corrected chi connectivity index (χ3v) is 3.83. The average molecular weight is 318 g/mol. The lowest BCUT2D eigenvalue weighted by molar-refractivity contribution is 0.102. The molecule has 7 heteroatoms. The third-order valence-electron chi connectivity index (χ3n) is 3.83. The number of hydrogen-bond donors (Lipinski definition) is 2. The van der Waals surface area contributed by atoms with E-state index in [9.17, 15) is 13.6 Å². The summed E-state index contributed by atoms with van der Waals surface area (Å²) in [6, 6.07) is 5.57.